The zero-order valence-corrected chi connectivity index (χ0v) is 13.7. The standard InChI is InChI=1S/C18H29NO2/c1-13-10-16(21-17(13)11-19-14-4-5-14)12-20-15-6-8-18(2,3)9-7-15/h10,14-15,19H,4-9,11-12H2,1-3H3. The second-order valence-corrected chi connectivity index (χ2v) is 7.65. The summed E-state index contributed by atoms with van der Waals surface area (Å²) in [5.74, 6) is 2.05. The Kier molecular flexibility index (Phi) is 4.41. The van der Waals surface area contributed by atoms with Crippen LogP contribution in [-0.2, 0) is 17.9 Å². The van der Waals surface area contributed by atoms with E-state index in [1.54, 1.807) is 0 Å². The quantitative estimate of drug-likeness (QED) is 0.847. The summed E-state index contributed by atoms with van der Waals surface area (Å²) in [5, 5.41) is 3.51. The summed E-state index contributed by atoms with van der Waals surface area (Å²) < 4.78 is 12.0. The lowest BCUT2D eigenvalue weighted by Gasteiger charge is -2.34. The van der Waals surface area contributed by atoms with Gasteiger partial charge in [-0.15, -0.1) is 0 Å². The van der Waals surface area contributed by atoms with Crippen molar-refractivity contribution in [3.63, 3.8) is 0 Å². The molecule has 0 spiro atoms. The van der Waals surface area contributed by atoms with Crippen molar-refractivity contribution in [1.29, 1.82) is 0 Å². The zero-order chi connectivity index (χ0) is 14.9. The molecule has 2 saturated carbocycles. The Hall–Kier alpha value is -0.800. The predicted octanol–water partition coefficient (Wildman–Crippen LogP) is 4.33. The molecule has 3 rings (SSSR count). The zero-order valence-electron chi connectivity index (χ0n) is 13.7. The largest absolute Gasteiger partial charge is 0.462 e. The first-order chi connectivity index (χ1) is 10.0. The van der Waals surface area contributed by atoms with Crippen molar-refractivity contribution in [3.05, 3.63) is 23.2 Å². The predicted molar refractivity (Wildman–Crippen MR) is 84.1 cm³/mol. The third-order valence-corrected chi connectivity index (χ3v) is 4.95. The SMILES string of the molecule is Cc1cc(COC2CCC(C)(C)CC2)oc1CNC1CC1. The number of rotatable bonds is 6. The molecule has 2 aliphatic rings. The molecule has 1 heterocycles. The van der Waals surface area contributed by atoms with E-state index in [4.69, 9.17) is 9.15 Å². The highest BCUT2D eigenvalue weighted by molar-refractivity contribution is 5.19. The lowest BCUT2D eigenvalue weighted by atomic mass is 9.76. The summed E-state index contributed by atoms with van der Waals surface area (Å²) in [5.41, 5.74) is 1.74. The molecular weight excluding hydrogens is 262 g/mol. The molecule has 1 aromatic rings. The van der Waals surface area contributed by atoms with Crippen LogP contribution in [0, 0.1) is 12.3 Å². The summed E-state index contributed by atoms with van der Waals surface area (Å²) in [6.45, 7) is 8.32. The Morgan fingerprint density at radius 3 is 2.62 bits per heavy atom. The molecule has 0 atom stereocenters. The van der Waals surface area contributed by atoms with E-state index < -0.39 is 0 Å². The van der Waals surface area contributed by atoms with Gasteiger partial charge in [0.25, 0.3) is 0 Å². The fraction of sp³-hybridized carbons (Fsp3) is 0.778. The van der Waals surface area contributed by atoms with E-state index in [9.17, 15) is 0 Å². The molecule has 3 nitrogen and oxygen atoms in total. The molecule has 2 aliphatic carbocycles. The first kappa shape index (κ1) is 15.1. The van der Waals surface area contributed by atoms with E-state index in [0.717, 1.165) is 24.1 Å². The minimum absolute atomic E-state index is 0.413. The molecule has 0 aliphatic heterocycles. The van der Waals surface area contributed by atoms with Crippen LogP contribution in [0.15, 0.2) is 10.5 Å². The van der Waals surface area contributed by atoms with Crippen molar-refractivity contribution in [3.8, 4) is 0 Å². The maximum atomic E-state index is 6.05. The van der Waals surface area contributed by atoms with Crippen molar-refractivity contribution in [2.45, 2.75) is 84.6 Å². The molecule has 0 aromatic carbocycles. The molecular formula is C18H29NO2. The van der Waals surface area contributed by atoms with Gasteiger partial charge in [-0.1, -0.05) is 13.8 Å². The number of nitrogens with one attached hydrogen (secondary N) is 1. The van der Waals surface area contributed by atoms with E-state index in [1.807, 2.05) is 0 Å². The Morgan fingerprint density at radius 2 is 1.95 bits per heavy atom. The van der Waals surface area contributed by atoms with Crippen LogP contribution in [0.4, 0.5) is 0 Å². The average Bonchev–Trinajstić information content (AvgIpc) is 3.19. The van der Waals surface area contributed by atoms with Gasteiger partial charge in [-0.05, 0) is 62.5 Å². The van der Waals surface area contributed by atoms with Crippen molar-refractivity contribution in [2.24, 2.45) is 5.41 Å². The van der Waals surface area contributed by atoms with Gasteiger partial charge in [-0.25, -0.2) is 0 Å². The van der Waals surface area contributed by atoms with Gasteiger partial charge in [-0.2, -0.15) is 0 Å². The minimum atomic E-state index is 0.413. The molecule has 118 valence electrons. The smallest absolute Gasteiger partial charge is 0.130 e. The molecule has 1 aromatic heterocycles. The Labute approximate surface area is 128 Å². The highest BCUT2D eigenvalue weighted by Crippen LogP contribution is 2.36. The number of hydrogen-bond acceptors (Lipinski definition) is 3. The second kappa shape index (κ2) is 6.13. The van der Waals surface area contributed by atoms with Crippen molar-refractivity contribution in [2.75, 3.05) is 0 Å². The second-order valence-electron chi connectivity index (χ2n) is 7.65. The first-order valence-corrected chi connectivity index (χ1v) is 8.45. The average molecular weight is 291 g/mol. The van der Waals surface area contributed by atoms with Gasteiger partial charge in [0, 0.05) is 6.04 Å². The Morgan fingerprint density at radius 1 is 1.24 bits per heavy atom. The molecule has 0 bridgehead atoms. The summed E-state index contributed by atoms with van der Waals surface area (Å²) in [4.78, 5) is 0. The van der Waals surface area contributed by atoms with Crippen molar-refractivity contribution in [1.82, 2.24) is 5.32 Å². The molecule has 21 heavy (non-hydrogen) atoms. The van der Waals surface area contributed by atoms with Crippen molar-refractivity contribution < 1.29 is 9.15 Å². The monoisotopic (exact) mass is 291 g/mol. The minimum Gasteiger partial charge on any atom is -0.462 e. The topological polar surface area (TPSA) is 34.4 Å². The number of aryl methyl sites for hydroxylation is 1. The van der Waals surface area contributed by atoms with Crippen LogP contribution in [0.2, 0.25) is 0 Å². The molecule has 0 saturated heterocycles. The van der Waals surface area contributed by atoms with Crippen LogP contribution in [0.5, 0.6) is 0 Å². The number of furan rings is 1. The highest BCUT2D eigenvalue weighted by atomic mass is 16.5. The van der Waals surface area contributed by atoms with E-state index >= 15 is 0 Å². The summed E-state index contributed by atoms with van der Waals surface area (Å²) >= 11 is 0. The van der Waals surface area contributed by atoms with Crippen LogP contribution < -0.4 is 5.32 Å². The lowest BCUT2D eigenvalue weighted by molar-refractivity contribution is -0.0123. The first-order valence-electron chi connectivity index (χ1n) is 8.45. The van der Waals surface area contributed by atoms with Crippen molar-refractivity contribution >= 4 is 0 Å². The van der Waals surface area contributed by atoms with E-state index in [1.165, 1.54) is 44.1 Å². The Bertz CT molecular complexity index is 464. The van der Waals surface area contributed by atoms with E-state index in [2.05, 4.69) is 32.2 Å². The highest BCUT2D eigenvalue weighted by Gasteiger charge is 2.27. The van der Waals surface area contributed by atoms with Crippen LogP contribution >= 0.6 is 0 Å². The van der Waals surface area contributed by atoms with Gasteiger partial charge in [0.15, 0.2) is 0 Å². The molecule has 0 unspecified atom stereocenters. The number of ether oxygens (including phenoxy) is 1. The van der Waals surface area contributed by atoms with Crippen LogP contribution in [0.25, 0.3) is 0 Å². The number of hydrogen-bond donors (Lipinski definition) is 1. The fourth-order valence-corrected chi connectivity index (χ4v) is 3.10. The van der Waals surface area contributed by atoms with Gasteiger partial charge in [0.1, 0.15) is 18.1 Å². The van der Waals surface area contributed by atoms with Crippen LogP contribution in [0.1, 0.15) is 69.5 Å². The molecule has 3 heteroatoms. The van der Waals surface area contributed by atoms with E-state index in [-0.39, 0.29) is 0 Å². The maximum Gasteiger partial charge on any atom is 0.130 e. The summed E-state index contributed by atoms with van der Waals surface area (Å²) in [7, 11) is 0. The molecule has 0 amide bonds. The molecule has 1 N–H and O–H groups in total. The summed E-state index contributed by atoms with van der Waals surface area (Å²) in [6, 6.07) is 2.86. The molecule has 0 radical (unpaired) electrons. The fourth-order valence-electron chi connectivity index (χ4n) is 3.10. The van der Waals surface area contributed by atoms with Gasteiger partial charge in [0.05, 0.1) is 12.6 Å². The van der Waals surface area contributed by atoms with Gasteiger partial charge < -0.3 is 14.5 Å². The van der Waals surface area contributed by atoms with Gasteiger partial charge in [0.2, 0.25) is 0 Å². The third kappa shape index (κ3) is 4.33. The summed E-state index contributed by atoms with van der Waals surface area (Å²) in [6.07, 6.45) is 7.95. The third-order valence-electron chi connectivity index (χ3n) is 4.95. The normalized spacial score (nSPS) is 22.6. The van der Waals surface area contributed by atoms with Gasteiger partial charge in [-0.3, -0.25) is 0 Å². The van der Waals surface area contributed by atoms with Gasteiger partial charge >= 0.3 is 0 Å². The van der Waals surface area contributed by atoms with E-state index in [0.29, 0.717) is 18.1 Å². The maximum absolute atomic E-state index is 6.05. The molecule has 2 fully saturated rings. The van der Waals surface area contributed by atoms with Crippen LogP contribution in [-0.4, -0.2) is 12.1 Å². The van der Waals surface area contributed by atoms with Crippen LogP contribution in [0.3, 0.4) is 0 Å². The lowest BCUT2D eigenvalue weighted by Crippen LogP contribution is -2.26. The Balaban J connectivity index is 1.45.